The third-order valence-electron chi connectivity index (χ3n) is 1.71. The van der Waals surface area contributed by atoms with Gasteiger partial charge in [-0.25, -0.2) is 0 Å². The van der Waals surface area contributed by atoms with Crippen molar-refractivity contribution in [3.8, 4) is 5.75 Å². The van der Waals surface area contributed by atoms with Gasteiger partial charge in [-0.1, -0.05) is 10.3 Å². The van der Waals surface area contributed by atoms with Crippen LogP contribution in [-0.4, -0.2) is 23.0 Å². The number of benzene rings is 1. The SMILES string of the molecule is NC(=O)CC(C=NO)=NOc1ccc(N)cc1. The molecule has 0 atom stereocenters. The van der Waals surface area contributed by atoms with Crippen molar-refractivity contribution in [2.24, 2.45) is 16.0 Å². The summed E-state index contributed by atoms with van der Waals surface area (Å²) in [7, 11) is 0. The minimum Gasteiger partial charge on any atom is -0.411 e. The van der Waals surface area contributed by atoms with Gasteiger partial charge in [0, 0.05) is 5.69 Å². The molecule has 0 bridgehead atoms. The number of amides is 1. The van der Waals surface area contributed by atoms with Crippen molar-refractivity contribution < 1.29 is 14.8 Å². The molecule has 0 aliphatic rings. The van der Waals surface area contributed by atoms with Crippen molar-refractivity contribution >= 4 is 23.5 Å². The molecule has 0 spiro atoms. The van der Waals surface area contributed by atoms with Crippen molar-refractivity contribution in [1.82, 2.24) is 0 Å². The number of hydrogen-bond acceptors (Lipinski definition) is 6. The van der Waals surface area contributed by atoms with E-state index in [-0.39, 0.29) is 12.1 Å². The molecule has 0 aliphatic heterocycles. The standard InChI is InChI=1S/C10H12N4O3/c11-7-1-3-9(4-2-7)17-14-8(6-13-16)5-10(12)15/h1-4,6,16H,5,11H2,(H2,12,15). The molecule has 0 saturated heterocycles. The summed E-state index contributed by atoms with van der Waals surface area (Å²) in [5, 5.41) is 14.7. The summed E-state index contributed by atoms with van der Waals surface area (Å²) in [4.78, 5) is 15.7. The molecule has 0 fully saturated rings. The largest absolute Gasteiger partial charge is 0.411 e. The van der Waals surface area contributed by atoms with Crippen LogP contribution in [-0.2, 0) is 4.79 Å². The molecular weight excluding hydrogens is 224 g/mol. The molecule has 1 aromatic rings. The molecule has 1 rings (SSSR count). The Hall–Kier alpha value is -2.57. The first-order valence-corrected chi connectivity index (χ1v) is 4.67. The first-order valence-electron chi connectivity index (χ1n) is 4.67. The zero-order valence-electron chi connectivity index (χ0n) is 8.91. The van der Waals surface area contributed by atoms with Crippen molar-refractivity contribution in [3.05, 3.63) is 24.3 Å². The highest BCUT2D eigenvalue weighted by atomic mass is 16.6. The van der Waals surface area contributed by atoms with E-state index >= 15 is 0 Å². The average Bonchev–Trinajstić information content (AvgIpc) is 2.27. The van der Waals surface area contributed by atoms with Gasteiger partial charge < -0.3 is 21.5 Å². The van der Waals surface area contributed by atoms with Crippen LogP contribution in [0.2, 0.25) is 0 Å². The fraction of sp³-hybridized carbons (Fsp3) is 0.100. The molecule has 90 valence electrons. The van der Waals surface area contributed by atoms with Gasteiger partial charge in [0.15, 0.2) is 5.75 Å². The molecule has 5 N–H and O–H groups in total. The zero-order chi connectivity index (χ0) is 12.7. The Morgan fingerprint density at radius 2 is 2.06 bits per heavy atom. The monoisotopic (exact) mass is 236 g/mol. The highest BCUT2D eigenvalue weighted by molar-refractivity contribution is 6.34. The predicted octanol–water partition coefficient (Wildman–Crippen LogP) is 0.339. The Morgan fingerprint density at radius 3 is 2.59 bits per heavy atom. The average molecular weight is 236 g/mol. The number of nitrogens with two attached hydrogens (primary N) is 2. The number of oxime groups is 2. The predicted molar refractivity (Wildman–Crippen MR) is 63.0 cm³/mol. The summed E-state index contributed by atoms with van der Waals surface area (Å²) in [5.74, 6) is -0.169. The topological polar surface area (TPSA) is 123 Å². The Balaban J connectivity index is 2.71. The molecule has 0 saturated carbocycles. The Labute approximate surface area is 97.3 Å². The van der Waals surface area contributed by atoms with Gasteiger partial charge >= 0.3 is 0 Å². The van der Waals surface area contributed by atoms with Crippen molar-refractivity contribution in [1.29, 1.82) is 0 Å². The van der Waals surface area contributed by atoms with Crippen LogP contribution < -0.4 is 16.3 Å². The number of hydrogen-bond donors (Lipinski definition) is 3. The number of nitrogen functional groups attached to an aromatic ring is 1. The molecule has 0 heterocycles. The number of nitrogens with zero attached hydrogens (tertiary/aromatic N) is 2. The first kappa shape index (κ1) is 12.5. The Morgan fingerprint density at radius 1 is 1.41 bits per heavy atom. The van der Waals surface area contributed by atoms with Crippen LogP contribution in [0.15, 0.2) is 34.6 Å². The second-order valence-corrected chi connectivity index (χ2v) is 3.13. The molecule has 1 aromatic carbocycles. The van der Waals surface area contributed by atoms with E-state index in [9.17, 15) is 4.79 Å². The normalized spacial score (nSPS) is 11.6. The van der Waals surface area contributed by atoms with Gasteiger partial charge in [0.2, 0.25) is 5.91 Å². The van der Waals surface area contributed by atoms with Crippen LogP contribution in [0.5, 0.6) is 5.75 Å². The maximum absolute atomic E-state index is 10.7. The molecule has 17 heavy (non-hydrogen) atoms. The van der Waals surface area contributed by atoms with Crippen LogP contribution >= 0.6 is 0 Å². The molecule has 0 aromatic heterocycles. The zero-order valence-corrected chi connectivity index (χ0v) is 8.91. The van der Waals surface area contributed by atoms with E-state index in [0.717, 1.165) is 6.21 Å². The minimum absolute atomic E-state index is 0.108. The van der Waals surface area contributed by atoms with Crippen LogP contribution in [0.3, 0.4) is 0 Å². The summed E-state index contributed by atoms with van der Waals surface area (Å²) in [6.07, 6.45) is 0.793. The van der Waals surface area contributed by atoms with Crippen molar-refractivity contribution in [2.75, 3.05) is 5.73 Å². The van der Waals surface area contributed by atoms with Crippen LogP contribution in [0, 0.1) is 0 Å². The molecule has 7 heteroatoms. The maximum atomic E-state index is 10.7. The van der Waals surface area contributed by atoms with E-state index < -0.39 is 5.91 Å². The molecule has 0 unspecified atom stereocenters. The van der Waals surface area contributed by atoms with E-state index in [2.05, 4.69) is 10.3 Å². The van der Waals surface area contributed by atoms with Gasteiger partial charge in [-0.3, -0.25) is 4.79 Å². The molecule has 0 aliphatic carbocycles. The van der Waals surface area contributed by atoms with Gasteiger partial charge in [0.05, 0.1) is 12.6 Å². The second-order valence-electron chi connectivity index (χ2n) is 3.13. The van der Waals surface area contributed by atoms with Gasteiger partial charge in [-0.15, -0.1) is 0 Å². The number of rotatable bonds is 5. The third kappa shape index (κ3) is 4.65. The van der Waals surface area contributed by atoms with E-state index in [1.54, 1.807) is 24.3 Å². The smallest absolute Gasteiger partial charge is 0.223 e. The van der Waals surface area contributed by atoms with E-state index in [4.69, 9.17) is 21.5 Å². The van der Waals surface area contributed by atoms with Gasteiger partial charge in [0.1, 0.15) is 5.71 Å². The lowest BCUT2D eigenvalue weighted by atomic mass is 10.3. The summed E-state index contributed by atoms with van der Waals surface area (Å²) in [5.41, 5.74) is 11.2. The van der Waals surface area contributed by atoms with Crippen LogP contribution in [0.4, 0.5) is 5.69 Å². The lowest BCUT2D eigenvalue weighted by Crippen LogP contribution is -2.17. The highest BCUT2D eigenvalue weighted by Gasteiger charge is 2.03. The summed E-state index contributed by atoms with van der Waals surface area (Å²) in [6, 6.07) is 6.49. The van der Waals surface area contributed by atoms with Gasteiger partial charge in [0.25, 0.3) is 0 Å². The fourth-order valence-electron chi connectivity index (χ4n) is 0.987. The number of carbonyl (C=O) groups excluding carboxylic acids is 1. The molecule has 0 radical (unpaired) electrons. The maximum Gasteiger partial charge on any atom is 0.223 e. The Kier molecular flexibility index (Phi) is 4.49. The van der Waals surface area contributed by atoms with Gasteiger partial charge in [-0.2, -0.15) is 0 Å². The van der Waals surface area contributed by atoms with Crippen LogP contribution in [0.1, 0.15) is 6.42 Å². The molecule has 7 nitrogen and oxygen atoms in total. The molecule has 1 amide bonds. The van der Waals surface area contributed by atoms with E-state index in [0.29, 0.717) is 11.4 Å². The summed E-state index contributed by atoms with van der Waals surface area (Å²) in [6.45, 7) is 0. The van der Waals surface area contributed by atoms with E-state index in [1.165, 1.54) is 0 Å². The lowest BCUT2D eigenvalue weighted by Gasteiger charge is -2.00. The lowest BCUT2D eigenvalue weighted by molar-refractivity contribution is -0.116. The number of anilines is 1. The number of primary amides is 1. The highest BCUT2D eigenvalue weighted by Crippen LogP contribution is 2.13. The summed E-state index contributed by atoms with van der Waals surface area (Å²) < 4.78 is 0. The van der Waals surface area contributed by atoms with Gasteiger partial charge in [-0.05, 0) is 24.3 Å². The van der Waals surface area contributed by atoms with E-state index in [1.807, 2.05) is 0 Å². The first-order chi connectivity index (χ1) is 8.11. The van der Waals surface area contributed by atoms with Crippen molar-refractivity contribution in [3.63, 3.8) is 0 Å². The second kappa shape index (κ2) is 6.11. The van der Waals surface area contributed by atoms with Crippen molar-refractivity contribution in [2.45, 2.75) is 6.42 Å². The Bertz CT molecular complexity index is 439. The minimum atomic E-state index is -0.607. The summed E-state index contributed by atoms with van der Waals surface area (Å²) >= 11 is 0. The fourth-order valence-corrected chi connectivity index (χ4v) is 0.987. The molecular formula is C10H12N4O3. The quantitative estimate of drug-likeness (QED) is 0.295. The third-order valence-corrected chi connectivity index (χ3v) is 1.71. The number of carbonyl (C=O) groups is 1. The van der Waals surface area contributed by atoms with Crippen LogP contribution in [0.25, 0.3) is 0 Å².